The maximum atomic E-state index is 11.1. The van der Waals surface area contributed by atoms with Crippen molar-refractivity contribution in [3.63, 3.8) is 0 Å². The largest absolute Gasteiger partial charge is 0.494 e. The van der Waals surface area contributed by atoms with Gasteiger partial charge in [-0.05, 0) is 55.9 Å². The summed E-state index contributed by atoms with van der Waals surface area (Å²) in [5, 5.41) is 3.89. The molecule has 1 atom stereocenters. The van der Waals surface area contributed by atoms with Crippen LogP contribution in [0.1, 0.15) is 34.1 Å². The Hall–Kier alpha value is -3.06. The van der Waals surface area contributed by atoms with Crippen LogP contribution in [0.5, 0.6) is 21.8 Å². The summed E-state index contributed by atoms with van der Waals surface area (Å²) < 4.78 is 17.2. The highest BCUT2D eigenvalue weighted by atomic mass is 32.1. The van der Waals surface area contributed by atoms with Crippen LogP contribution in [0.4, 0.5) is 0 Å². The van der Waals surface area contributed by atoms with E-state index >= 15 is 0 Å². The molecule has 6 nitrogen and oxygen atoms in total. The van der Waals surface area contributed by atoms with E-state index in [1.54, 1.807) is 6.20 Å². The third-order valence-electron chi connectivity index (χ3n) is 3.61. The molecule has 0 aliphatic rings. The van der Waals surface area contributed by atoms with Gasteiger partial charge in [-0.15, -0.1) is 0 Å². The first kappa shape index (κ1) is 23.2. The summed E-state index contributed by atoms with van der Waals surface area (Å²) in [4.78, 5) is 15.4. The monoisotopic (exact) mass is 428 g/mol. The van der Waals surface area contributed by atoms with Crippen LogP contribution in [0.3, 0.4) is 0 Å². The smallest absolute Gasteiger partial charge is 0.282 e. The van der Waals surface area contributed by atoms with E-state index in [9.17, 15) is 4.79 Å². The SMILES string of the molecule is CC\C=C/C(=C\C=C\C(C)NC(C)=O)Oc1cnc(Oc2cccc(OCC)c2)s1. The van der Waals surface area contributed by atoms with Crippen molar-refractivity contribution in [3.05, 3.63) is 66.6 Å². The number of nitrogens with one attached hydrogen (secondary N) is 1. The highest BCUT2D eigenvalue weighted by Crippen LogP contribution is 2.33. The second kappa shape index (κ2) is 12.5. The first-order chi connectivity index (χ1) is 14.5. The summed E-state index contributed by atoms with van der Waals surface area (Å²) in [5.41, 5.74) is 0. The van der Waals surface area contributed by atoms with Gasteiger partial charge < -0.3 is 19.5 Å². The minimum absolute atomic E-state index is 0.0639. The molecule has 1 N–H and O–H groups in total. The topological polar surface area (TPSA) is 69.7 Å². The first-order valence-electron chi connectivity index (χ1n) is 9.86. The Labute approximate surface area is 181 Å². The highest BCUT2D eigenvalue weighted by Gasteiger charge is 2.08. The number of ether oxygens (including phenoxy) is 3. The molecule has 1 aromatic carbocycles. The molecule has 7 heteroatoms. The van der Waals surface area contributed by atoms with E-state index < -0.39 is 0 Å². The van der Waals surface area contributed by atoms with Crippen LogP contribution in [-0.4, -0.2) is 23.5 Å². The molecule has 0 saturated carbocycles. The van der Waals surface area contributed by atoms with Crippen molar-refractivity contribution in [1.82, 2.24) is 10.3 Å². The van der Waals surface area contributed by atoms with Gasteiger partial charge in [-0.3, -0.25) is 4.79 Å². The Morgan fingerprint density at radius 1 is 1.30 bits per heavy atom. The van der Waals surface area contributed by atoms with Crippen LogP contribution in [0.25, 0.3) is 0 Å². The average Bonchev–Trinajstić information content (AvgIpc) is 3.12. The van der Waals surface area contributed by atoms with Crippen LogP contribution in [-0.2, 0) is 4.79 Å². The Balaban J connectivity index is 2.05. The van der Waals surface area contributed by atoms with Crippen LogP contribution < -0.4 is 19.5 Å². The number of carbonyl (C=O) groups is 1. The number of hydrogen-bond acceptors (Lipinski definition) is 6. The lowest BCUT2D eigenvalue weighted by atomic mass is 10.2. The molecule has 160 valence electrons. The van der Waals surface area contributed by atoms with Crippen molar-refractivity contribution in [1.29, 1.82) is 0 Å². The highest BCUT2D eigenvalue weighted by molar-refractivity contribution is 7.15. The normalized spacial score (nSPS) is 12.9. The summed E-state index contributed by atoms with van der Waals surface area (Å²) in [7, 11) is 0. The molecular weight excluding hydrogens is 400 g/mol. The zero-order valence-corrected chi connectivity index (χ0v) is 18.6. The van der Waals surface area contributed by atoms with Gasteiger partial charge in [-0.1, -0.05) is 31.2 Å². The molecule has 2 rings (SSSR count). The maximum Gasteiger partial charge on any atom is 0.282 e. The molecule has 1 heterocycles. The van der Waals surface area contributed by atoms with Crippen LogP contribution >= 0.6 is 11.3 Å². The van der Waals surface area contributed by atoms with Crippen LogP contribution in [0, 0.1) is 0 Å². The van der Waals surface area contributed by atoms with Gasteiger partial charge in [0.15, 0.2) is 0 Å². The Bertz CT molecular complexity index is 902. The van der Waals surface area contributed by atoms with Gasteiger partial charge in [-0.2, -0.15) is 0 Å². The molecular formula is C23H28N2O4S. The fraction of sp³-hybridized carbons (Fsp3) is 0.304. The summed E-state index contributed by atoms with van der Waals surface area (Å²) in [6.07, 6.45) is 12.0. The fourth-order valence-electron chi connectivity index (χ4n) is 2.39. The van der Waals surface area contributed by atoms with Crippen molar-refractivity contribution in [2.24, 2.45) is 0 Å². The van der Waals surface area contributed by atoms with Crippen molar-refractivity contribution >= 4 is 17.2 Å². The number of nitrogens with zero attached hydrogens (tertiary/aromatic N) is 1. The van der Waals surface area contributed by atoms with Crippen LogP contribution in [0.15, 0.2) is 66.6 Å². The summed E-state index contributed by atoms with van der Waals surface area (Å²) in [5.74, 6) is 2.00. The van der Waals surface area contributed by atoms with Gasteiger partial charge in [-0.25, -0.2) is 4.98 Å². The van der Waals surface area contributed by atoms with Crippen molar-refractivity contribution in [2.75, 3.05) is 6.61 Å². The molecule has 0 fully saturated rings. The zero-order valence-electron chi connectivity index (χ0n) is 17.8. The molecule has 1 amide bonds. The Morgan fingerprint density at radius 3 is 2.83 bits per heavy atom. The Morgan fingerprint density at radius 2 is 2.10 bits per heavy atom. The van der Waals surface area contributed by atoms with Gasteiger partial charge in [0.1, 0.15) is 17.3 Å². The molecule has 0 saturated heterocycles. The van der Waals surface area contributed by atoms with E-state index in [1.165, 1.54) is 18.3 Å². The predicted octanol–water partition coefficient (Wildman–Crippen LogP) is 5.64. The van der Waals surface area contributed by atoms with E-state index in [0.717, 1.165) is 12.2 Å². The van der Waals surface area contributed by atoms with Gasteiger partial charge in [0.25, 0.3) is 5.19 Å². The minimum Gasteiger partial charge on any atom is -0.494 e. The number of aromatic nitrogens is 1. The van der Waals surface area contributed by atoms with Gasteiger partial charge >= 0.3 is 0 Å². The van der Waals surface area contributed by atoms with Gasteiger partial charge in [0, 0.05) is 19.0 Å². The standard InChI is InChI=1S/C23H28N2O4S/c1-5-7-11-19(12-8-10-17(3)25-18(4)26)28-22-16-24-23(30-22)29-21-14-9-13-20(15-21)27-6-2/h7-17H,5-6H2,1-4H3,(H,25,26)/b10-8+,11-7-,19-12+. The third kappa shape index (κ3) is 8.53. The molecule has 30 heavy (non-hydrogen) atoms. The van der Waals surface area contributed by atoms with E-state index in [2.05, 4.69) is 17.2 Å². The minimum atomic E-state index is -0.0672. The number of rotatable bonds is 11. The van der Waals surface area contributed by atoms with Crippen molar-refractivity contribution in [3.8, 4) is 21.8 Å². The molecule has 1 aromatic heterocycles. The molecule has 0 aliphatic carbocycles. The molecule has 1 unspecified atom stereocenters. The number of carbonyl (C=O) groups excluding carboxylic acids is 1. The number of thiazole rings is 1. The molecule has 2 aromatic rings. The number of hydrogen-bond donors (Lipinski definition) is 1. The predicted molar refractivity (Wildman–Crippen MR) is 120 cm³/mol. The number of allylic oxidation sites excluding steroid dienone is 4. The van der Waals surface area contributed by atoms with E-state index in [1.807, 2.05) is 68.5 Å². The van der Waals surface area contributed by atoms with Gasteiger partial charge in [0.05, 0.1) is 12.8 Å². The van der Waals surface area contributed by atoms with Crippen molar-refractivity contribution in [2.45, 2.75) is 40.2 Å². The molecule has 0 aliphatic heterocycles. The van der Waals surface area contributed by atoms with Gasteiger partial charge in [0.2, 0.25) is 11.0 Å². The quantitative estimate of drug-likeness (QED) is 0.370. The third-order valence-corrected chi connectivity index (χ3v) is 4.37. The number of benzene rings is 1. The van der Waals surface area contributed by atoms with Crippen molar-refractivity contribution < 1.29 is 19.0 Å². The first-order valence-corrected chi connectivity index (χ1v) is 10.7. The summed E-state index contributed by atoms with van der Waals surface area (Å²) in [6.45, 7) is 7.98. The maximum absolute atomic E-state index is 11.1. The average molecular weight is 429 g/mol. The van der Waals surface area contributed by atoms with E-state index in [0.29, 0.717) is 28.4 Å². The second-order valence-electron chi connectivity index (χ2n) is 6.31. The summed E-state index contributed by atoms with van der Waals surface area (Å²) >= 11 is 1.30. The fourth-order valence-corrected chi connectivity index (χ4v) is 3.05. The van der Waals surface area contributed by atoms with E-state index in [-0.39, 0.29) is 11.9 Å². The number of amides is 1. The molecule has 0 spiro atoms. The lowest BCUT2D eigenvalue weighted by Gasteiger charge is -2.06. The lowest BCUT2D eigenvalue weighted by Crippen LogP contribution is -2.28. The van der Waals surface area contributed by atoms with E-state index in [4.69, 9.17) is 14.2 Å². The zero-order chi connectivity index (χ0) is 21.8. The Kier molecular flexibility index (Phi) is 9.67. The van der Waals surface area contributed by atoms with Crippen LogP contribution in [0.2, 0.25) is 0 Å². The molecule has 0 radical (unpaired) electrons. The lowest BCUT2D eigenvalue weighted by molar-refractivity contribution is -0.119. The molecule has 0 bridgehead atoms. The summed E-state index contributed by atoms with van der Waals surface area (Å²) in [6, 6.07) is 7.36. The second-order valence-corrected chi connectivity index (χ2v) is 7.27.